The number of thiocarbonyl (C=S) groups is 1. The number of nitrogens with zero attached hydrogens (tertiary/aromatic N) is 4. The summed E-state index contributed by atoms with van der Waals surface area (Å²) in [6.45, 7) is 0.484. The number of amidine groups is 1. The molecule has 0 fully saturated rings. The van der Waals surface area contributed by atoms with Crippen LogP contribution in [0.15, 0.2) is 65.1 Å². The van der Waals surface area contributed by atoms with E-state index in [0.29, 0.717) is 11.5 Å². The van der Waals surface area contributed by atoms with Crippen LogP contribution >= 0.6 is 12.2 Å². The minimum absolute atomic E-state index is 0.484. The molecule has 4 rings (SSSR count). The molecule has 1 aliphatic rings. The molecule has 6 heteroatoms. The van der Waals surface area contributed by atoms with Crippen molar-refractivity contribution in [2.24, 2.45) is 10.1 Å². The molecule has 0 saturated carbocycles. The largest absolute Gasteiger partial charge is 0.361 e. The van der Waals surface area contributed by atoms with E-state index in [4.69, 9.17) is 12.2 Å². The van der Waals surface area contributed by atoms with Gasteiger partial charge in [-0.2, -0.15) is 5.10 Å². The second-order valence-corrected chi connectivity index (χ2v) is 5.59. The van der Waals surface area contributed by atoms with Crippen LogP contribution in [-0.4, -0.2) is 38.6 Å². The van der Waals surface area contributed by atoms with Gasteiger partial charge in [0.25, 0.3) is 0 Å². The number of para-hydroxylation sites is 1. The number of hydrazone groups is 1. The molecule has 0 aliphatic carbocycles. The van der Waals surface area contributed by atoms with Gasteiger partial charge in [-0.15, -0.1) is 0 Å². The molecule has 0 unspecified atom stereocenters. The van der Waals surface area contributed by atoms with Gasteiger partial charge in [-0.1, -0.05) is 30.4 Å². The molecule has 3 heterocycles. The third-order valence-corrected chi connectivity index (χ3v) is 3.98. The molecule has 0 spiro atoms. The van der Waals surface area contributed by atoms with Crippen molar-refractivity contribution in [3.8, 4) is 0 Å². The normalized spacial score (nSPS) is 14.9. The van der Waals surface area contributed by atoms with E-state index in [1.54, 1.807) is 17.4 Å². The summed E-state index contributed by atoms with van der Waals surface area (Å²) in [6.07, 6.45) is 7.23. The van der Waals surface area contributed by atoms with Crippen molar-refractivity contribution in [3.63, 3.8) is 0 Å². The first-order valence-electron chi connectivity index (χ1n) is 7.21. The number of benzene rings is 1. The quantitative estimate of drug-likeness (QED) is 0.596. The van der Waals surface area contributed by atoms with Crippen molar-refractivity contribution in [2.75, 3.05) is 6.54 Å². The Kier molecular flexibility index (Phi) is 3.44. The second kappa shape index (κ2) is 5.73. The van der Waals surface area contributed by atoms with E-state index in [1.807, 2.05) is 42.7 Å². The Hall–Kier alpha value is -2.86. The summed E-state index contributed by atoms with van der Waals surface area (Å²) < 4.78 is 0. The Morgan fingerprint density at radius 2 is 2.00 bits per heavy atom. The van der Waals surface area contributed by atoms with Crippen LogP contribution in [0.25, 0.3) is 10.9 Å². The molecule has 1 aromatic carbocycles. The van der Waals surface area contributed by atoms with Crippen LogP contribution in [-0.2, 0) is 0 Å². The average Bonchev–Trinajstić information content (AvgIpc) is 3.17. The van der Waals surface area contributed by atoms with Crippen molar-refractivity contribution in [2.45, 2.75) is 0 Å². The minimum Gasteiger partial charge on any atom is -0.361 e. The Morgan fingerprint density at radius 1 is 1.17 bits per heavy atom. The summed E-state index contributed by atoms with van der Waals surface area (Å²) in [5, 5.41) is 7.39. The summed E-state index contributed by atoms with van der Waals surface area (Å²) in [4.78, 5) is 12.4. The van der Waals surface area contributed by atoms with Gasteiger partial charge in [-0.3, -0.25) is 9.98 Å². The molecule has 1 aliphatic heterocycles. The monoisotopic (exact) mass is 319 g/mol. The van der Waals surface area contributed by atoms with E-state index in [0.717, 1.165) is 27.9 Å². The van der Waals surface area contributed by atoms with Crippen LogP contribution in [0.1, 0.15) is 11.1 Å². The molecule has 23 heavy (non-hydrogen) atoms. The Labute approximate surface area is 138 Å². The van der Waals surface area contributed by atoms with E-state index in [2.05, 4.69) is 26.1 Å². The SMILES string of the molecule is S=C1CN=C(c2ccncc2)N1/N=C/c1c[nH]c2ccccc12. The number of rotatable bonds is 3. The molecule has 3 aromatic rings. The molecule has 0 amide bonds. The Bertz CT molecular complexity index is 926. The Balaban J connectivity index is 1.67. The fourth-order valence-electron chi connectivity index (χ4n) is 2.55. The van der Waals surface area contributed by atoms with Crippen LogP contribution in [0.2, 0.25) is 0 Å². The number of H-pyrrole nitrogens is 1. The van der Waals surface area contributed by atoms with E-state index in [9.17, 15) is 0 Å². The van der Waals surface area contributed by atoms with Gasteiger partial charge in [-0.05, 0) is 18.2 Å². The summed E-state index contributed by atoms with van der Waals surface area (Å²) in [6, 6.07) is 11.9. The number of hydrogen-bond acceptors (Lipinski definition) is 4. The lowest BCUT2D eigenvalue weighted by Crippen LogP contribution is -2.26. The number of hydrogen-bond donors (Lipinski definition) is 1. The highest BCUT2D eigenvalue weighted by atomic mass is 32.1. The van der Waals surface area contributed by atoms with E-state index in [1.165, 1.54) is 0 Å². The van der Waals surface area contributed by atoms with Crippen molar-refractivity contribution < 1.29 is 0 Å². The summed E-state index contributed by atoms with van der Waals surface area (Å²) in [5.41, 5.74) is 3.06. The van der Waals surface area contributed by atoms with Crippen molar-refractivity contribution in [1.82, 2.24) is 15.0 Å². The fraction of sp³-hybridized carbons (Fsp3) is 0.0588. The zero-order valence-corrected chi connectivity index (χ0v) is 13.0. The van der Waals surface area contributed by atoms with Crippen LogP contribution < -0.4 is 0 Å². The first-order valence-corrected chi connectivity index (χ1v) is 7.61. The molecule has 112 valence electrons. The first-order chi connectivity index (χ1) is 11.3. The molecule has 0 atom stereocenters. The van der Waals surface area contributed by atoms with E-state index in [-0.39, 0.29) is 0 Å². The molecule has 0 bridgehead atoms. The van der Waals surface area contributed by atoms with Gasteiger partial charge in [0.1, 0.15) is 4.99 Å². The van der Waals surface area contributed by atoms with E-state index < -0.39 is 0 Å². The highest BCUT2D eigenvalue weighted by Gasteiger charge is 2.22. The first kappa shape index (κ1) is 13.8. The second-order valence-electron chi connectivity index (χ2n) is 5.12. The van der Waals surface area contributed by atoms with Crippen molar-refractivity contribution in [1.29, 1.82) is 0 Å². The van der Waals surface area contributed by atoms with Gasteiger partial charge >= 0.3 is 0 Å². The average molecular weight is 319 g/mol. The number of aliphatic imine (C=N–C) groups is 1. The smallest absolute Gasteiger partial charge is 0.157 e. The number of pyridine rings is 1. The summed E-state index contributed by atoms with van der Waals surface area (Å²) in [7, 11) is 0. The topological polar surface area (TPSA) is 56.6 Å². The maximum Gasteiger partial charge on any atom is 0.157 e. The molecule has 2 aromatic heterocycles. The molecule has 0 saturated heterocycles. The van der Waals surface area contributed by atoms with Crippen LogP contribution in [0.3, 0.4) is 0 Å². The summed E-state index contributed by atoms with van der Waals surface area (Å²) in [5.74, 6) is 0.758. The lowest BCUT2D eigenvalue weighted by atomic mass is 10.2. The molecular weight excluding hydrogens is 306 g/mol. The van der Waals surface area contributed by atoms with Gasteiger partial charge < -0.3 is 4.98 Å². The van der Waals surface area contributed by atoms with E-state index >= 15 is 0 Å². The van der Waals surface area contributed by atoms with Crippen LogP contribution in [0.4, 0.5) is 0 Å². The van der Waals surface area contributed by atoms with Crippen LogP contribution in [0, 0.1) is 0 Å². The molecule has 0 radical (unpaired) electrons. The highest BCUT2D eigenvalue weighted by Crippen LogP contribution is 2.17. The predicted molar refractivity (Wildman–Crippen MR) is 96.0 cm³/mol. The lowest BCUT2D eigenvalue weighted by Gasteiger charge is -2.13. The van der Waals surface area contributed by atoms with Gasteiger partial charge in [0.15, 0.2) is 5.84 Å². The zero-order valence-electron chi connectivity index (χ0n) is 12.2. The highest BCUT2D eigenvalue weighted by molar-refractivity contribution is 7.80. The van der Waals surface area contributed by atoms with Gasteiger partial charge in [0.2, 0.25) is 0 Å². The fourth-order valence-corrected chi connectivity index (χ4v) is 2.75. The maximum absolute atomic E-state index is 5.38. The predicted octanol–water partition coefficient (Wildman–Crippen LogP) is 2.99. The molecule has 1 N–H and O–H groups in total. The number of aromatic amines is 1. The third kappa shape index (κ3) is 2.53. The number of nitrogens with one attached hydrogen (secondary N) is 1. The standard InChI is InChI=1S/C17H13N5S/c23-16-11-20-17(12-5-7-18-8-6-12)22(16)21-10-13-9-19-15-4-2-1-3-14(13)15/h1-10,19H,11H2/b21-10+. The zero-order chi connectivity index (χ0) is 15.6. The van der Waals surface area contributed by atoms with Crippen molar-refractivity contribution >= 4 is 40.2 Å². The summed E-state index contributed by atoms with van der Waals surface area (Å²) >= 11 is 5.38. The maximum atomic E-state index is 5.38. The van der Waals surface area contributed by atoms with Gasteiger partial charge in [-0.25, -0.2) is 5.01 Å². The number of fused-ring (bicyclic) bond motifs is 1. The number of aromatic nitrogens is 2. The minimum atomic E-state index is 0.484. The third-order valence-electron chi connectivity index (χ3n) is 3.67. The van der Waals surface area contributed by atoms with Gasteiger partial charge in [0, 0.05) is 40.6 Å². The van der Waals surface area contributed by atoms with Crippen molar-refractivity contribution in [3.05, 3.63) is 66.1 Å². The molecule has 5 nitrogen and oxygen atoms in total. The Morgan fingerprint density at radius 3 is 2.87 bits per heavy atom. The van der Waals surface area contributed by atoms with Crippen LogP contribution in [0.5, 0.6) is 0 Å². The van der Waals surface area contributed by atoms with Gasteiger partial charge in [0.05, 0.1) is 12.8 Å². The lowest BCUT2D eigenvalue weighted by molar-refractivity contribution is 0.691. The molecular formula is C17H13N5S.